The second kappa shape index (κ2) is 11.4. The minimum atomic E-state index is -0.0503. The van der Waals surface area contributed by atoms with E-state index in [4.69, 9.17) is 4.74 Å². The number of fused-ring (bicyclic) bond motifs is 1. The Balaban J connectivity index is 1.46. The van der Waals surface area contributed by atoms with E-state index in [1.807, 2.05) is 22.9 Å². The number of H-pyrrole nitrogens is 1. The van der Waals surface area contributed by atoms with E-state index in [2.05, 4.69) is 76.5 Å². The molecule has 0 unspecified atom stereocenters. The maximum absolute atomic E-state index is 13.1. The number of aromatic amines is 1. The summed E-state index contributed by atoms with van der Waals surface area (Å²) in [5.41, 5.74) is 5.25. The van der Waals surface area contributed by atoms with E-state index in [1.54, 1.807) is 0 Å². The molecule has 0 bridgehead atoms. The van der Waals surface area contributed by atoms with E-state index in [0.29, 0.717) is 13.1 Å². The number of ether oxygens (including phenoxy) is 1. The fraction of sp³-hybridized carbons (Fsp3) is 0.448. The molecule has 1 saturated heterocycles. The molecule has 194 valence electrons. The molecule has 0 amide bonds. The van der Waals surface area contributed by atoms with E-state index in [0.717, 1.165) is 61.1 Å². The van der Waals surface area contributed by atoms with Gasteiger partial charge >= 0.3 is 0 Å². The summed E-state index contributed by atoms with van der Waals surface area (Å²) in [5.74, 6) is 0.829. The number of aryl methyl sites for hydroxylation is 2. The van der Waals surface area contributed by atoms with Gasteiger partial charge in [-0.3, -0.25) is 9.69 Å². The van der Waals surface area contributed by atoms with Gasteiger partial charge in [-0.15, -0.1) is 5.10 Å². The summed E-state index contributed by atoms with van der Waals surface area (Å²) in [6, 6.07) is 16.7. The molecule has 4 aromatic rings. The summed E-state index contributed by atoms with van der Waals surface area (Å²) < 4.78 is 7.76. The standard InChI is InChI=1S/C29H36N6O2/c1-4-27(28-31-32-33-35(28)19-25-9-6-14-37-25)34(13-12-22-8-5-7-20(2)15-22)18-24-17-23-16-21(3)10-11-26(23)30-29(24)36/h5,7-8,10-11,15-17,25,27H,4,6,9,12-14,18-19H2,1-3H3,(H,30,36)/t25-,27-/m0/s1. The minimum absolute atomic E-state index is 0.0335. The lowest BCUT2D eigenvalue weighted by molar-refractivity contribution is 0.0893. The summed E-state index contributed by atoms with van der Waals surface area (Å²) >= 11 is 0. The molecule has 0 aliphatic carbocycles. The lowest BCUT2D eigenvalue weighted by Gasteiger charge is -2.30. The van der Waals surface area contributed by atoms with Crippen molar-refractivity contribution in [2.75, 3.05) is 13.2 Å². The molecule has 5 rings (SSSR count). The van der Waals surface area contributed by atoms with Crippen LogP contribution in [0.5, 0.6) is 0 Å². The second-order valence-corrected chi connectivity index (χ2v) is 10.2. The van der Waals surface area contributed by atoms with Crippen molar-refractivity contribution >= 4 is 10.9 Å². The van der Waals surface area contributed by atoms with Gasteiger partial charge in [-0.2, -0.15) is 0 Å². The fourth-order valence-corrected chi connectivity index (χ4v) is 5.36. The zero-order valence-electron chi connectivity index (χ0n) is 22.0. The number of aromatic nitrogens is 5. The van der Waals surface area contributed by atoms with Crippen molar-refractivity contribution in [3.05, 3.63) is 87.0 Å². The first-order valence-corrected chi connectivity index (χ1v) is 13.3. The Morgan fingerprint density at radius 1 is 1.16 bits per heavy atom. The van der Waals surface area contributed by atoms with Crippen LogP contribution >= 0.6 is 0 Å². The summed E-state index contributed by atoms with van der Waals surface area (Å²) in [4.78, 5) is 18.6. The Morgan fingerprint density at radius 3 is 2.81 bits per heavy atom. The second-order valence-electron chi connectivity index (χ2n) is 10.2. The number of hydrogen-bond donors (Lipinski definition) is 1. The third-order valence-electron chi connectivity index (χ3n) is 7.31. The van der Waals surface area contributed by atoms with Crippen LogP contribution in [0.2, 0.25) is 0 Å². The molecule has 3 heterocycles. The monoisotopic (exact) mass is 500 g/mol. The zero-order chi connectivity index (χ0) is 25.8. The maximum atomic E-state index is 13.1. The molecule has 2 aromatic heterocycles. The van der Waals surface area contributed by atoms with Gasteiger partial charge in [0.25, 0.3) is 5.56 Å². The first kappa shape index (κ1) is 25.3. The SMILES string of the molecule is CC[C@@H](c1nnnn1C[C@@H]1CCCO1)N(CCc1cccc(C)c1)Cc1cc2cc(C)ccc2[nH]c1=O. The minimum Gasteiger partial charge on any atom is -0.376 e. The van der Waals surface area contributed by atoms with Crippen molar-refractivity contribution < 1.29 is 4.74 Å². The van der Waals surface area contributed by atoms with Crippen molar-refractivity contribution in [2.45, 2.75) is 71.7 Å². The summed E-state index contributed by atoms with van der Waals surface area (Å²) in [6.45, 7) is 9.08. The van der Waals surface area contributed by atoms with E-state index in [9.17, 15) is 4.79 Å². The Hall–Kier alpha value is -3.36. The first-order chi connectivity index (χ1) is 18.0. The molecule has 1 aliphatic heterocycles. The van der Waals surface area contributed by atoms with Crippen LogP contribution in [0.25, 0.3) is 10.9 Å². The lowest BCUT2D eigenvalue weighted by atomic mass is 10.1. The van der Waals surface area contributed by atoms with Gasteiger partial charge in [0, 0.05) is 30.8 Å². The zero-order valence-corrected chi connectivity index (χ0v) is 22.0. The molecule has 2 atom stereocenters. The van der Waals surface area contributed by atoms with Gasteiger partial charge in [-0.05, 0) is 79.1 Å². The predicted molar refractivity (Wildman–Crippen MR) is 144 cm³/mol. The normalized spacial score (nSPS) is 16.6. The number of nitrogens with one attached hydrogen (secondary N) is 1. The Labute approximate surface area is 217 Å². The van der Waals surface area contributed by atoms with Gasteiger partial charge in [0.1, 0.15) is 0 Å². The Kier molecular flexibility index (Phi) is 7.76. The molecule has 0 radical (unpaired) electrons. The number of nitrogens with zero attached hydrogens (tertiary/aromatic N) is 5. The van der Waals surface area contributed by atoms with Gasteiger partial charge in [-0.25, -0.2) is 4.68 Å². The lowest BCUT2D eigenvalue weighted by Crippen LogP contribution is -2.34. The average Bonchev–Trinajstić information content (AvgIpc) is 3.56. The average molecular weight is 501 g/mol. The summed E-state index contributed by atoms with van der Waals surface area (Å²) in [6.07, 6.45) is 3.94. The highest BCUT2D eigenvalue weighted by atomic mass is 16.5. The number of rotatable bonds is 10. The van der Waals surface area contributed by atoms with Crippen molar-refractivity contribution in [1.29, 1.82) is 0 Å². The smallest absolute Gasteiger partial charge is 0.252 e. The van der Waals surface area contributed by atoms with Gasteiger partial charge in [0.05, 0.1) is 18.7 Å². The number of tetrazole rings is 1. The third kappa shape index (κ3) is 5.97. The van der Waals surface area contributed by atoms with Crippen molar-refractivity contribution in [3.8, 4) is 0 Å². The topological polar surface area (TPSA) is 88.9 Å². The number of benzene rings is 2. The highest BCUT2D eigenvalue weighted by Crippen LogP contribution is 2.26. The Bertz CT molecular complexity index is 1410. The molecule has 1 aliphatic rings. The fourth-order valence-electron chi connectivity index (χ4n) is 5.36. The molecule has 8 nitrogen and oxygen atoms in total. The van der Waals surface area contributed by atoms with Crippen LogP contribution in [0.3, 0.4) is 0 Å². The first-order valence-electron chi connectivity index (χ1n) is 13.3. The van der Waals surface area contributed by atoms with Crippen molar-refractivity contribution in [2.24, 2.45) is 0 Å². The molecule has 37 heavy (non-hydrogen) atoms. The van der Waals surface area contributed by atoms with Gasteiger partial charge < -0.3 is 9.72 Å². The quantitative estimate of drug-likeness (QED) is 0.345. The van der Waals surface area contributed by atoms with E-state index < -0.39 is 0 Å². The third-order valence-corrected chi connectivity index (χ3v) is 7.31. The molecule has 1 N–H and O–H groups in total. The summed E-state index contributed by atoms with van der Waals surface area (Å²) in [7, 11) is 0. The van der Waals surface area contributed by atoms with Crippen LogP contribution in [0, 0.1) is 13.8 Å². The van der Waals surface area contributed by atoms with Crippen LogP contribution in [-0.2, 0) is 24.2 Å². The van der Waals surface area contributed by atoms with E-state index >= 15 is 0 Å². The maximum Gasteiger partial charge on any atom is 0.252 e. The highest BCUT2D eigenvalue weighted by Gasteiger charge is 2.27. The largest absolute Gasteiger partial charge is 0.376 e. The van der Waals surface area contributed by atoms with Crippen molar-refractivity contribution in [3.63, 3.8) is 0 Å². The molecule has 0 spiro atoms. The summed E-state index contributed by atoms with van der Waals surface area (Å²) in [5, 5.41) is 13.9. The van der Waals surface area contributed by atoms with Crippen LogP contribution in [0.4, 0.5) is 0 Å². The molecular formula is C29H36N6O2. The van der Waals surface area contributed by atoms with Crippen LogP contribution in [-0.4, -0.2) is 49.3 Å². The van der Waals surface area contributed by atoms with Crippen LogP contribution in [0.15, 0.2) is 53.3 Å². The van der Waals surface area contributed by atoms with Gasteiger partial charge in [0.15, 0.2) is 5.82 Å². The van der Waals surface area contributed by atoms with Gasteiger partial charge in [-0.1, -0.05) is 48.4 Å². The molecular weight excluding hydrogens is 464 g/mol. The Morgan fingerprint density at radius 2 is 2.03 bits per heavy atom. The van der Waals surface area contributed by atoms with Crippen molar-refractivity contribution in [1.82, 2.24) is 30.1 Å². The number of pyridine rings is 1. The van der Waals surface area contributed by atoms with E-state index in [1.165, 1.54) is 16.7 Å². The molecule has 2 aromatic carbocycles. The van der Waals surface area contributed by atoms with Crippen LogP contribution in [0.1, 0.15) is 60.3 Å². The predicted octanol–water partition coefficient (Wildman–Crippen LogP) is 4.51. The number of hydrogen-bond acceptors (Lipinski definition) is 6. The highest BCUT2D eigenvalue weighted by molar-refractivity contribution is 5.79. The molecule has 1 fully saturated rings. The van der Waals surface area contributed by atoms with E-state index in [-0.39, 0.29) is 17.7 Å². The molecule has 8 heteroatoms. The molecule has 0 saturated carbocycles. The van der Waals surface area contributed by atoms with Crippen LogP contribution < -0.4 is 5.56 Å². The van der Waals surface area contributed by atoms with Gasteiger partial charge in [0.2, 0.25) is 0 Å².